The molecule has 0 saturated heterocycles. The van der Waals surface area contributed by atoms with Crippen LogP contribution in [0.4, 0.5) is 5.69 Å². The maximum absolute atomic E-state index is 12.5. The molecule has 7 heteroatoms. The van der Waals surface area contributed by atoms with E-state index in [-0.39, 0.29) is 0 Å². The molecule has 138 valence electrons. The molecule has 2 aromatic rings. The average molecular weight is 395 g/mol. The summed E-state index contributed by atoms with van der Waals surface area (Å²) in [5.41, 5.74) is 2.77. The number of nitrogens with one attached hydrogen (secondary N) is 1. The largest absolute Gasteiger partial charge is 0.449 e. The molecule has 1 unspecified atom stereocenters. The van der Waals surface area contributed by atoms with Crippen molar-refractivity contribution < 1.29 is 14.3 Å². The molecule has 0 radical (unpaired) electrons. The predicted molar refractivity (Wildman–Crippen MR) is 102 cm³/mol. The summed E-state index contributed by atoms with van der Waals surface area (Å²) in [7, 11) is 0. The van der Waals surface area contributed by atoms with E-state index in [4.69, 9.17) is 27.9 Å². The van der Waals surface area contributed by atoms with Crippen LogP contribution in [-0.2, 0) is 9.53 Å². The van der Waals surface area contributed by atoms with Crippen LogP contribution in [0.2, 0.25) is 10.0 Å². The van der Waals surface area contributed by atoms with Crippen molar-refractivity contribution in [2.75, 3.05) is 5.32 Å². The Morgan fingerprint density at radius 2 is 1.92 bits per heavy atom. The molecule has 1 heterocycles. The van der Waals surface area contributed by atoms with Gasteiger partial charge in [0.05, 0.1) is 16.3 Å². The number of carbonyl (C=O) groups excluding carboxylic acids is 2. The summed E-state index contributed by atoms with van der Waals surface area (Å²) in [6.45, 7) is 5.39. The Morgan fingerprint density at radius 3 is 2.58 bits per heavy atom. The number of anilines is 1. The van der Waals surface area contributed by atoms with E-state index in [1.807, 2.05) is 19.9 Å². The van der Waals surface area contributed by atoms with Gasteiger partial charge in [0.15, 0.2) is 6.10 Å². The van der Waals surface area contributed by atoms with Crippen LogP contribution in [-0.4, -0.2) is 22.5 Å². The van der Waals surface area contributed by atoms with Gasteiger partial charge >= 0.3 is 5.97 Å². The van der Waals surface area contributed by atoms with Gasteiger partial charge in [0.2, 0.25) is 0 Å². The first-order valence-corrected chi connectivity index (χ1v) is 9.19. The van der Waals surface area contributed by atoms with Crippen LogP contribution in [0.1, 0.15) is 47.6 Å². The third kappa shape index (κ3) is 3.89. The molecule has 1 aliphatic rings. The van der Waals surface area contributed by atoms with Crippen LogP contribution in [0, 0.1) is 13.8 Å². The summed E-state index contributed by atoms with van der Waals surface area (Å²) < 4.78 is 7.51. The van der Waals surface area contributed by atoms with E-state index in [1.165, 1.54) is 6.92 Å². The molecule has 26 heavy (non-hydrogen) atoms. The fraction of sp³-hybridized carbons (Fsp3) is 0.368. The summed E-state index contributed by atoms with van der Waals surface area (Å²) >= 11 is 12.0. The number of hydrogen-bond donors (Lipinski definition) is 1. The molecule has 1 aliphatic carbocycles. The van der Waals surface area contributed by atoms with E-state index >= 15 is 0 Å². The molecule has 1 fully saturated rings. The van der Waals surface area contributed by atoms with Gasteiger partial charge in [-0.25, -0.2) is 4.79 Å². The van der Waals surface area contributed by atoms with Crippen molar-refractivity contribution in [2.24, 2.45) is 0 Å². The lowest BCUT2D eigenvalue weighted by Gasteiger charge is -2.14. The highest BCUT2D eigenvalue weighted by Gasteiger charge is 2.29. The number of rotatable bonds is 5. The van der Waals surface area contributed by atoms with Gasteiger partial charge in [-0.15, -0.1) is 0 Å². The highest BCUT2D eigenvalue weighted by atomic mass is 35.5. The van der Waals surface area contributed by atoms with Crippen molar-refractivity contribution in [3.63, 3.8) is 0 Å². The SMILES string of the molecule is Cc1cc(C(=O)OC(C)C(=O)Nc2cc(Cl)ccc2Cl)c(C)n1C1CC1. The van der Waals surface area contributed by atoms with E-state index in [0.717, 1.165) is 24.2 Å². The summed E-state index contributed by atoms with van der Waals surface area (Å²) in [5.74, 6) is -0.983. The second-order valence-electron chi connectivity index (χ2n) is 6.55. The van der Waals surface area contributed by atoms with Crippen molar-refractivity contribution in [2.45, 2.75) is 45.8 Å². The van der Waals surface area contributed by atoms with Crippen LogP contribution in [0.25, 0.3) is 0 Å². The fourth-order valence-electron chi connectivity index (χ4n) is 2.98. The Hall–Kier alpha value is -1.98. The molecule has 1 atom stereocenters. The molecule has 0 bridgehead atoms. The molecule has 1 aromatic heterocycles. The first-order chi connectivity index (χ1) is 12.3. The normalized spacial score (nSPS) is 14.8. The predicted octanol–water partition coefficient (Wildman–Crippen LogP) is 4.93. The molecule has 0 spiro atoms. The van der Waals surface area contributed by atoms with Gasteiger partial charge in [-0.05, 0) is 57.9 Å². The summed E-state index contributed by atoms with van der Waals surface area (Å²) in [5, 5.41) is 3.43. The van der Waals surface area contributed by atoms with E-state index in [2.05, 4.69) is 9.88 Å². The molecule has 3 rings (SSSR count). The van der Waals surface area contributed by atoms with Crippen molar-refractivity contribution >= 4 is 40.8 Å². The van der Waals surface area contributed by atoms with Gasteiger partial charge in [-0.1, -0.05) is 23.2 Å². The maximum Gasteiger partial charge on any atom is 0.340 e. The van der Waals surface area contributed by atoms with Crippen molar-refractivity contribution in [3.8, 4) is 0 Å². The number of esters is 1. The molecule has 1 amide bonds. The molecule has 1 saturated carbocycles. The van der Waals surface area contributed by atoms with Crippen molar-refractivity contribution in [1.82, 2.24) is 4.57 Å². The summed E-state index contributed by atoms with van der Waals surface area (Å²) in [6.07, 6.45) is 1.29. The quantitative estimate of drug-likeness (QED) is 0.731. The van der Waals surface area contributed by atoms with Gasteiger partial charge in [-0.3, -0.25) is 4.79 Å². The molecule has 1 aromatic carbocycles. The van der Waals surface area contributed by atoms with Crippen LogP contribution < -0.4 is 5.32 Å². The third-order valence-electron chi connectivity index (χ3n) is 4.46. The number of aromatic nitrogens is 1. The number of ether oxygens (including phenoxy) is 1. The van der Waals surface area contributed by atoms with E-state index in [1.54, 1.807) is 18.2 Å². The number of aryl methyl sites for hydroxylation is 1. The first kappa shape index (κ1) is 18.8. The topological polar surface area (TPSA) is 60.3 Å². The number of halogens is 2. The number of hydrogen-bond acceptors (Lipinski definition) is 3. The molecular weight excluding hydrogens is 375 g/mol. The zero-order valence-electron chi connectivity index (χ0n) is 14.8. The molecule has 5 nitrogen and oxygen atoms in total. The minimum atomic E-state index is -0.971. The zero-order valence-corrected chi connectivity index (χ0v) is 16.3. The minimum absolute atomic E-state index is 0.356. The van der Waals surface area contributed by atoms with Gasteiger partial charge in [0.25, 0.3) is 5.91 Å². The van der Waals surface area contributed by atoms with Gasteiger partial charge < -0.3 is 14.6 Å². The van der Waals surface area contributed by atoms with E-state index in [0.29, 0.717) is 27.3 Å². The van der Waals surface area contributed by atoms with E-state index < -0.39 is 18.0 Å². The Bertz CT molecular complexity index is 872. The molecular formula is C19H20Cl2N2O3. The van der Waals surface area contributed by atoms with Crippen LogP contribution in [0.5, 0.6) is 0 Å². The van der Waals surface area contributed by atoms with Gasteiger partial charge in [0.1, 0.15) is 0 Å². The number of amides is 1. The summed E-state index contributed by atoms with van der Waals surface area (Å²) in [6, 6.07) is 7.04. The van der Waals surface area contributed by atoms with Crippen molar-refractivity contribution in [3.05, 3.63) is 51.3 Å². The van der Waals surface area contributed by atoms with Crippen LogP contribution in [0.3, 0.4) is 0 Å². The lowest BCUT2D eigenvalue weighted by Crippen LogP contribution is -2.30. The Balaban J connectivity index is 1.68. The minimum Gasteiger partial charge on any atom is -0.449 e. The Morgan fingerprint density at radius 1 is 1.23 bits per heavy atom. The second-order valence-corrected chi connectivity index (χ2v) is 7.39. The lowest BCUT2D eigenvalue weighted by molar-refractivity contribution is -0.123. The number of nitrogens with zero attached hydrogens (tertiary/aromatic N) is 1. The summed E-state index contributed by atoms with van der Waals surface area (Å²) in [4.78, 5) is 24.8. The highest BCUT2D eigenvalue weighted by Crippen LogP contribution is 2.38. The Labute approximate surface area is 162 Å². The van der Waals surface area contributed by atoms with Gasteiger partial charge in [-0.2, -0.15) is 0 Å². The van der Waals surface area contributed by atoms with Crippen LogP contribution >= 0.6 is 23.2 Å². The van der Waals surface area contributed by atoms with Gasteiger partial charge in [0, 0.05) is 22.5 Å². The monoisotopic (exact) mass is 394 g/mol. The first-order valence-electron chi connectivity index (χ1n) is 8.43. The van der Waals surface area contributed by atoms with E-state index in [9.17, 15) is 9.59 Å². The number of benzene rings is 1. The second kappa shape index (κ2) is 7.33. The lowest BCUT2D eigenvalue weighted by atomic mass is 10.2. The Kier molecular flexibility index (Phi) is 5.30. The number of carbonyl (C=O) groups is 2. The third-order valence-corrected chi connectivity index (χ3v) is 5.02. The highest BCUT2D eigenvalue weighted by molar-refractivity contribution is 6.35. The zero-order chi connectivity index (χ0) is 19.0. The average Bonchev–Trinajstić information content (AvgIpc) is 3.36. The molecule has 0 aliphatic heterocycles. The fourth-order valence-corrected chi connectivity index (χ4v) is 3.32. The smallest absolute Gasteiger partial charge is 0.340 e. The standard InChI is InChI=1S/C19H20Cl2N2O3/c1-10-8-15(11(2)23(10)14-5-6-14)19(25)26-12(3)18(24)22-17-9-13(20)4-7-16(17)21/h4,7-9,12,14H,5-6H2,1-3H3,(H,22,24). The van der Waals surface area contributed by atoms with Crippen LogP contribution in [0.15, 0.2) is 24.3 Å². The molecule has 1 N–H and O–H groups in total. The maximum atomic E-state index is 12.5. The van der Waals surface area contributed by atoms with Crippen molar-refractivity contribution in [1.29, 1.82) is 0 Å².